The number of nitrogens with zero attached hydrogens (tertiary/aromatic N) is 1. The second-order valence-electron chi connectivity index (χ2n) is 6.70. The number of pyridine rings is 1. The zero-order valence-corrected chi connectivity index (χ0v) is 13.4. The van der Waals surface area contributed by atoms with Crippen LogP contribution < -0.4 is 5.32 Å². The van der Waals surface area contributed by atoms with E-state index in [1.165, 1.54) is 11.1 Å². The Kier molecular flexibility index (Phi) is 3.73. The third-order valence-corrected chi connectivity index (χ3v) is 4.55. The van der Waals surface area contributed by atoms with E-state index in [0.29, 0.717) is 5.69 Å². The number of hydrogen-bond donors (Lipinski definition) is 1. The van der Waals surface area contributed by atoms with Crippen LogP contribution in [-0.4, -0.2) is 10.9 Å². The van der Waals surface area contributed by atoms with Gasteiger partial charge in [0.2, 0.25) is 0 Å². The summed E-state index contributed by atoms with van der Waals surface area (Å²) in [5, 5.41) is 3.15. The molecule has 0 aliphatic heterocycles. The number of hydrogen-bond acceptors (Lipinski definition) is 2. The van der Waals surface area contributed by atoms with Crippen LogP contribution in [0.3, 0.4) is 0 Å². The number of carbonyl (C=O) groups is 1. The van der Waals surface area contributed by atoms with E-state index >= 15 is 0 Å². The molecule has 0 radical (unpaired) electrons. The number of carbonyl (C=O) groups excluding carboxylic acids is 1. The fraction of sp³-hybridized carbons (Fsp3) is 0.368. The standard InChI is InChI=1S/C19H22N2O/c1-13-7-6-10-17(20-13)18(22)21-16-11-12-19(2,3)15-9-5-4-8-14(15)16/h4-10,16H,11-12H2,1-3H3,(H,21,22). The van der Waals surface area contributed by atoms with Gasteiger partial charge in [0.25, 0.3) is 5.91 Å². The summed E-state index contributed by atoms with van der Waals surface area (Å²) in [6, 6.07) is 14.0. The molecule has 0 spiro atoms. The fourth-order valence-electron chi connectivity index (χ4n) is 3.26. The van der Waals surface area contributed by atoms with Gasteiger partial charge in [0.1, 0.15) is 5.69 Å². The Morgan fingerprint density at radius 2 is 1.95 bits per heavy atom. The van der Waals surface area contributed by atoms with E-state index in [4.69, 9.17) is 0 Å². The summed E-state index contributed by atoms with van der Waals surface area (Å²) in [5.74, 6) is -0.0943. The predicted octanol–water partition coefficient (Wildman–Crippen LogP) is 3.93. The molecule has 3 nitrogen and oxygen atoms in total. The lowest BCUT2D eigenvalue weighted by molar-refractivity contribution is 0.0924. The van der Waals surface area contributed by atoms with Crippen molar-refractivity contribution < 1.29 is 4.79 Å². The van der Waals surface area contributed by atoms with Gasteiger partial charge in [0, 0.05) is 5.69 Å². The highest BCUT2D eigenvalue weighted by molar-refractivity contribution is 5.92. The van der Waals surface area contributed by atoms with Gasteiger partial charge in [-0.25, -0.2) is 4.98 Å². The number of aryl methyl sites for hydroxylation is 1. The summed E-state index contributed by atoms with van der Waals surface area (Å²) >= 11 is 0. The molecule has 0 bridgehead atoms. The molecule has 1 N–H and O–H groups in total. The Hall–Kier alpha value is -2.16. The molecule has 1 atom stereocenters. The van der Waals surface area contributed by atoms with E-state index in [0.717, 1.165) is 18.5 Å². The number of nitrogens with one attached hydrogen (secondary N) is 1. The molecule has 2 aromatic rings. The summed E-state index contributed by atoms with van der Waals surface area (Å²) in [6.45, 7) is 6.44. The van der Waals surface area contributed by atoms with Crippen molar-refractivity contribution in [1.82, 2.24) is 10.3 Å². The highest BCUT2D eigenvalue weighted by atomic mass is 16.1. The van der Waals surface area contributed by atoms with Gasteiger partial charge in [-0.2, -0.15) is 0 Å². The number of fused-ring (bicyclic) bond motifs is 1. The monoisotopic (exact) mass is 294 g/mol. The molecular weight excluding hydrogens is 272 g/mol. The lowest BCUT2D eigenvalue weighted by Crippen LogP contribution is -2.36. The SMILES string of the molecule is Cc1cccc(C(=O)NC2CCC(C)(C)c3ccccc32)n1. The van der Waals surface area contributed by atoms with Gasteiger partial charge in [-0.05, 0) is 48.4 Å². The average Bonchev–Trinajstić information content (AvgIpc) is 2.50. The summed E-state index contributed by atoms with van der Waals surface area (Å²) in [4.78, 5) is 16.8. The lowest BCUT2D eigenvalue weighted by atomic mass is 9.71. The van der Waals surface area contributed by atoms with Crippen LogP contribution in [0.2, 0.25) is 0 Å². The first-order valence-electron chi connectivity index (χ1n) is 7.81. The molecule has 114 valence electrons. The van der Waals surface area contributed by atoms with Crippen LogP contribution in [0.25, 0.3) is 0 Å². The zero-order valence-electron chi connectivity index (χ0n) is 13.4. The first kappa shape index (κ1) is 14.8. The first-order chi connectivity index (χ1) is 10.5. The molecule has 3 rings (SSSR count). The molecule has 1 heterocycles. The van der Waals surface area contributed by atoms with Gasteiger partial charge in [0.15, 0.2) is 0 Å². The largest absolute Gasteiger partial charge is 0.344 e. The average molecular weight is 294 g/mol. The van der Waals surface area contributed by atoms with Crippen LogP contribution >= 0.6 is 0 Å². The van der Waals surface area contributed by atoms with Crippen molar-refractivity contribution in [3.8, 4) is 0 Å². The number of aromatic nitrogens is 1. The molecule has 0 fully saturated rings. The third kappa shape index (κ3) is 2.76. The molecule has 22 heavy (non-hydrogen) atoms. The van der Waals surface area contributed by atoms with Crippen LogP contribution in [0.15, 0.2) is 42.5 Å². The summed E-state index contributed by atoms with van der Waals surface area (Å²) in [7, 11) is 0. The molecule has 1 aromatic heterocycles. The lowest BCUT2D eigenvalue weighted by Gasteiger charge is -2.37. The molecule has 1 unspecified atom stereocenters. The quantitative estimate of drug-likeness (QED) is 0.911. The van der Waals surface area contributed by atoms with Crippen molar-refractivity contribution in [3.05, 3.63) is 65.0 Å². The van der Waals surface area contributed by atoms with Crippen molar-refractivity contribution >= 4 is 5.91 Å². The molecule has 0 saturated carbocycles. The van der Waals surface area contributed by atoms with Gasteiger partial charge in [-0.15, -0.1) is 0 Å². The van der Waals surface area contributed by atoms with Crippen molar-refractivity contribution in [2.24, 2.45) is 0 Å². The van der Waals surface area contributed by atoms with Crippen LogP contribution in [-0.2, 0) is 5.41 Å². The van der Waals surface area contributed by atoms with Crippen molar-refractivity contribution in [3.63, 3.8) is 0 Å². The molecule has 1 aromatic carbocycles. The second-order valence-corrected chi connectivity index (χ2v) is 6.70. The molecular formula is C19H22N2O. The topological polar surface area (TPSA) is 42.0 Å². The molecule has 0 saturated heterocycles. The van der Waals surface area contributed by atoms with Crippen molar-refractivity contribution in [2.75, 3.05) is 0 Å². The van der Waals surface area contributed by atoms with E-state index < -0.39 is 0 Å². The minimum atomic E-state index is -0.0943. The van der Waals surface area contributed by atoms with Gasteiger partial charge >= 0.3 is 0 Å². The van der Waals surface area contributed by atoms with Gasteiger partial charge < -0.3 is 5.32 Å². The first-order valence-corrected chi connectivity index (χ1v) is 7.81. The minimum absolute atomic E-state index is 0.0686. The van der Waals surface area contributed by atoms with Gasteiger partial charge in [-0.1, -0.05) is 44.2 Å². The molecule has 1 aliphatic rings. The van der Waals surface area contributed by atoms with Crippen LogP contribution in [0.4, 0.5) is 0 Å². The second kappa shape index (κ2) is 5.56. The van der Waals surface area contributed by atoms with E-state index in [2.05, 4.69) is 42.3 Å². The third-order valence-electron chi connectivity index (χ3n) is 4.55. The minimum Gasteiger partial charge on any atom is -0.344 e. The summed E-state index contributed by atoms with van der Waals surface area (Å²) < 4.78 is 0. The molecule has 1 amide bonds. The van der Waals surface area contributed by atoms with Crippen molar-refractivity contribution in [1.29, 1.82) is 0 Å². The Morgan fingerprint density at radius 1 is 1.18 bits per heavy atom. The molecule has 3 heteroatoms. The summed E-state index contributed by atoms with van der Waals surface area (Å²) in [5.41, 5.74) is 4.09. The fourth-order valence-corrected chi connectivity index (χ4v) is 3.26. The maximum absolute atomic E-state index is 12.5. The molecule has 1 aliphatic carbocycles. The Bertz CT molecular complexity index is 706. The number of benzene rings is 1. The Balaban J connectivity index is 1.86. The van der Waals surface area contributed by atoms with Gasteiger partial charge in [-0.3, -0.25) is 4.79 Å². The van der Waals surface area contributed by atoms with Gasteiger partial charge in [0.05, 0.1) is 6.04 Å². The van der Waals surface area contributed by atoms with Crippen molar-refractivity contribution in [2.45, 2.75) is 45.1 Å². The predicted molar refractivity (Wildman–Crippen MR) is 87.9 cm³/mol. The van der Waals surface area contributed by atoms with Crippen LogP contribution in [0, 0.1) is 6.92 Å². The number of amides is 1. The highest BCUT2D eigenvalue weighted by Crippen LogP contribution is 2.41. The maximum Gasteiger partial charge on any atom is 0.270 e. The zero-order chi connectivity index (χ0) is 15.7. The van der Waals surface area contributed by atoms with E-state index in [-0.39, 0.29) is 17.4 Å². The summed E-state index contributed by atoms with van der Waals surface area (Å²) in [6.07, 6.45) is 2.03. The Morgan fingerprint density at radius 3 is 2.73 bits per heavy atom. The van der Waals surface area contributed by atoms with Crippen LogP contribution in [0.5, 0.6) is 0 Å². The normalized spacial score (nSPS) is 19.3. The van der Waals surface area contributed by atoms with E-state index in [1.807, 2.05) is 25.1 Å². The Labute approximate surface area is 131 Å². The number of rotatable bonds is 2. The van der Waals surface area contributed by atoms with Crippen LogP contribution in [0.1, 0.15) is 60.0 Å². The maximum atomic E-state index is 12.5. The highest BCUT2D eigenvalue weighted by Gasteiger charge is 2.33. The van der Waals surface area contributed by atoms with E-state index in [1.54, 1.807) is 6.07 Å². The van der Waals surface area contributed by atoms with E-state index in [9.17, 15) is 4.79 Å². The smallest absolute Gasteiger partial charge is 0.270 e.